The van der Waals surface area contributed by atoms with Crippen molar-refractivity contribution >= 4 is 21.4 Å². The van der Waals surface area contributed by atoms with Gasteiger partial charge in [-0.3, -0.25) is 0 Å². The monoisotopic (exact) mass is 436 g/mol. The summed E-state index contributed by atoms with van der Waals surface area (Å²) in [6, 6.07) is 7.45. The largest absolute Gasteiger partial charge is 0.435 e. The molecule has 0 aliphatic heterocycles. The molecule has 1 aromatic heterocycles. The number of aromatic nitrogens is 2. The summed E-state index contributed by atoms with van der Waals surface area (Å²) in [6.07, 6.45) is -4.19. The van der Waals surface area contributed by atoms with Gasteiger partial charge >= 0.3 is 6.18 Å². The van der Waals surface area contributed by atoms with Crippen molar-refractivity contribution < 1.29 is 30.4 Å². The predicted octanol–water partition coefficient (Wildman–Crippen LogP) is 4.89. The van der Waals surface area contributed by atoms with E-state index in [-0.39, 0.29) is 16.9 Å². The molecule has 0 aliphatic carbocycles. The molecule has 2 aromatic carbocycles. The average Bonchev–Trinajstić information content (AvgIpc) is 2.99. The topological polar surface area (TPSA) is 52.0 Å². The summed E-state index contributed by atoms with van der Waals surface area (Å²) in [7, 11) is -4.22. The summed E-state index contributed by atoms with van der Waals surface area (Å²) >= 11 is 5.77. The molecular formula is C17H10ClF5N2O2S. The number of nitrogens with zero attached hydrogens (tertiary/aromatic N) is 2. The van der Waals surface area contributed by atoms with Crippen molar-refractivity contribution in [1.29, 1.82) is 0 Å². The molecule has 0 saturated carbocycles. The van der Waals surface area contributed by atoms with E-state index >= 15 is 0 Å². The number of benzene rings is 2. The second-order valence-electron chi connectivity index (χ2n) is 5.84. The predicted molar refractivity (Wildman–Crippen MR) is 92.0 cm³/mol. The minimum absolute atomic E-state index is 0.155. The fourth-order valence-corrected chi connectivity index (χ4v) is 3.52. The first kappa shape index (κ1) is 20.3. The molecule has 1 heterocycles. The van der Waals surface area contributed by atoms with Crippen LogP contribution in [0.1, 0.15) is 5.69 Å². The molecule has 28 heavy (non-hydrogen) atoms. The summed E-state index contributed by atoms with van der Waals surface area (Å²) in [6.45, 7) is 0. The molecule has 0 unspecified atom stereocenters. The van der Waals surface area contributed by atoms with E-state index in [0.29, 0.717) is 29.5 Å². The number of rotatable bonds is 3. The first-order valence-electron chi connectivity index (χ1n) is 7.50. The van der Waals surface area contributed by atoms with Crippen molar-refractivity contribution in [2.45, 2.75) is 11.1 Å². The van der Waals surface area contributed by atoms with Crippen LogP contribution in [0.15, 0.2) is 47.4 Å². The zero-order valence-corrected chi connectivity index (χ0v) is 15.5. The minimum atomic E-state index is -4.81. The number of halogens is 6. The van der Waals surface area contributed by atoms with Gasteiger partial charge < -0.3 is 0 Å². The van der Waals surface area contributed by atoms with Gasteiger partial charge in [0.25, 0.3) is 0 Å². The van der Waals surface area contributed by atoms with E-state index in [4.69, 9.17) is 11.6 Å². The maximum atomic E-state index is 14.2. The van der Waals surface area contributed by atoms with E-state index in [2.05, 4.69) is 5.10 Å². The zero-order chi connectivity index (χ0) is 20.9. The van der Waals surface area contributed by atoms with E-state index in [1.807, 2.05) is 0 Å². The lowest BCUT2D eigenvalue weighted by atomic mass is 10.1. The third-order valence-electron chi connectivity index (χ3n) is 3.74. The van der Waals surface area contributed by atoms with Crippen LogP contribution in [0.5, 0.6) is 0 Å². The number of hydrogen-bond donors (Lipinski definition) is 0. The van der Waals surface area contributed by atoms with Gasteiger partial charge in [0.15, 0.2) is 15.5 Å². The SMILES string of the molecule is CS(=O)(=O)c1c(F)cc(-c2cc(C(F)(F)F)nn2-c2ccc(Cl)cc2)cc1F. The van der Waals surface area contributed by atoms with Gasteiger partial charge in [-0.15, -0.1) is 0 Å². The smallest absolute Gasteiger partial charge is 0.233 e. The van der Waals surface area contributed by atoms with E-state index in [1.54, 1.807) is 0 Å². The molecule has 0 fully saturated rings. The summed E-state index contributed by atoms with van der Waals surface area (Å²) in [4.78, 5) is -1.16. The van der Waals surface area contributed by atoms with E-state index in [0.717, 1.165) is 4.68 Å². The Morgan fingerprint density at radius 3 is 2.00 bits per heavy atom. The Hall–Kier alpha value is -2.46. The van der Waals surface area contributed by atoms with Crippen LogP contribution < -0.4 is 0 Å². The lowest BCUT2D eigenvalue weighted by molar-refractivity contribution is -0.141. The first-order valence-corrected chi connectivity index (χ1v) is 9.77. The van der Waals surface area contributed by atoms with Gasteiger partial charge in [0, 0.05) is 16.8 Å². The fourth-order valence-electron chi connectivity index (χ4n) is 2.57. The quantitative estimate of drug-likeness (QED) is 0.549. The fraction of sp³-hybridized carbons (Fsp3) is 0.118. The molecule has 4 nitrogen and oxygen atoms in total. The summed E-state index contributed by atoms with van der Waals surface area (Å²) in [5, 5.41) is 3.80. The third-order valence-corrected chi connectivity index (χ3v) is 5.12. The molecule has 0 atom stereocenters. The maximum absolute atomic E-state index is 14.2. The lowest BCUT2D eigenvalue weighted by Gasteiger charge is -2.10. The molecule has 0 saturated heterocycles. The Kier molecular flexibility index (Phi) is 4.96. The van der Waals surface area contributed by atoms with Gasteiger partial charge in [0.2, 0.25) is 0 Å². The Morgan fingerprint density at radius 1 is 1.00 bits per heavy atom. The minimum Gasteiger partial charge on any atom is -0.233 e. The maximum Gasteiger partial charge on any atom is 0.435 e. The van der Waals surface area contributed by atoms with Crippen LogP contribution in [0.2, 0.25) is 5.02 Å². The van der Waals surface area contributed by atoms with Gasteiger partial charge in [0.05, 0.1) is 11.4 Å². The van der Waals surface area contributed by atoms with Crippen LogP contribution in [0.3, 0.4) is 0 Å². The van der Waals surface area contributed by atoms with Crippen molar-refractivity contribution in [3.63, 3.8) is 0 Å². The van der Waals surface area contributed by atoms with Crippen LogP contribution in [0.4, 0.5) is 22.0 Å². The average molecular weight is 437 g/mol. The third kappa shape index (κ3) is 3.88. The highest BCUT2D eigenvalue weighted by atomic mass is 35.5. The number of alkyl halides is 3. The Bertz CT molecular complexity index is 1130. The zero-order valence-electron chi connectivity index (χ0n) is 13.9. The van der Waals surface area contributed by atoms with Gasteiger partial charge in [-0.2, -0.15) is 18.3 Å². The van der Waals surface area contributed by atoms with Crippen molar-refractivity contribution in [3.8, 4) is 16.9 Å². The highest BCUT2D eigenvalue weighted by Gasteiger charge is 2.35. The molecule has 11 heteroatoms. The molecule has 148 valence electrons. The van der Waals surface area contributed by atoms with Gasteiger partial charge in [-0.25, -0.2) is 21.9 Å². The molecule has 3 rings (SSSR count). The van der Waals surface area contributed by atoms with Crippen LogP contribution in [-0.4, -0.2) is 24.5 Å². The molecule has 0 amide bonds. The van der Waals surface area contributed by atoms with Gasteiger partial charge in [0.1, 0.15) is 16.5 Å². The molecule has 0 aliphatic rings. The molecule has 0 radical (unpaired) electrons. The first-order chi connectivity index (χ1) is 12.9. The molecular weight excluding hydrogens is 427 g/mol. The van der Waals surface area contributed by atoms with Gasteiger partial charge in [-0.05, 0) is 42.5 Å². The van der Waals surface area contributed by atoms with Crippen LogP contribution in [0.25, 0.3) is 16.9 Å². The van der Waals surface area contributed by atoms with Crippen molar-refractivity contribution in [2.75, 3.05) is 6.26 Å². The highest BCUT2D eigenvalue weighted by molar-refractivity contribution is 7.90. The van der Waals surface area contributed by atoms with Crippen molar-refractivity contribution in [3.05, 3.63) is 64.8 Å². The molecule has 0 spiro atoms. The van der Waals surface area contributed by atoms with Crippen molar-refractivity contribution in [2.24, 2.45) is 0 Å². The van der Waals surface area contributed by atoms with E-state index < -0.39 is 38.2 Å². The van der Waals surface area contributed by atoms with Crippen LogP contribution in [0, 0.1) is 11.6 Å². The Labute approximate surface area is 161 Å². The molecule has 3 aromatic rings. The summed E-state index contributed by atoms with van der Waals surface area (Å²) in [5.41, 5.74) is -1.73. The van der Waals surface area contributed by atoms with Crippen LogP contribution in [-0.2, 0) is 16.0 Å². The molecule has 0 bridgehead atoms. The number of hydrogen-bond acceptors (Lipinski definition) is 3. The Balaban J connectivity index is 2.27. The summed E-state index contributed by atoms with van der Waals surface area (Å²) in [5.74, 6) is -2.84. The van der Waals surface area contributed by atoms with Crippen molar-refractivity contribution in [1.82, 2.24) is 9.78 Å². The summed E-state index contributed by atoms with van der Waals surface area (Å²) < 4.78 is 91.7. The molecule has 0 N–H and O–H groups in total. The lowest BCUT2D eigenvalue weighted by Crippen LogP contribution is -2.07. The standard InChI is InChI=1S/C17H10ClF5N2O2S/c1-28(26,27)16-12(19)6-9(7-13(16)20)14-8-15(17(21,22)23)24-25(14)11-4-2-10(18)3-5-11/h2-8H,1H3. The second-order valence-corrected chi connectivity index (χ2v) is 8.23. The van der Waals surface area contributed by atoms with E-state index in [9.17, 15) is 30.4 Å². The highest BCUT2D eigenvalue weighted by Crippen LogP contribution is 2.35. The van der Waals surface area contributed by atoms with Crippen LogP contribution >= 0.6 is 11.6 Å². The number of sulfone groups is 1. The Morgan fingerprint density at radius 2 is 1.54 bits per heavy atom. The van der Waals surface area contributed by atoms with Gasteiger partial charge in [-0.1, -0.05) is 11.6 Å². The normalized spacial score (nSPS) is 12.4. The second kappa shape index (κ2) is 6.85. The van der Waals surface area contributed by atoms with E-state index in [1.165, 1.54) is 24.3 Å².